The van der Waals surface area contributed by atoms with Gasteiger partial charge in [-0.2, -0.15) is 5.10 Å². The number of aromatic nitrogens is 3. The van der Waals surface area contributed by atoms with Crippen molar-refractivity contribution in [1.29, 1.82) is 0 Å². The summed E-state index contributed by atoms with van der Waals surface area (Å²) in [5.41, 5.74) is 1.89. The molecule has 6 nitrogen and oxygen atoms in total. The molecule has 3 rings (SSSR count). The molecule has 3 heterocycles. The van der Waals surface area contributed by atoms with Crippen molar-refractivity contribution in [2.45, 2.75) is 31.1 Å². The van der Waals surface area contributed by atoms with Gasteiger partial charge in [0.15, 0.2) is 9.84 Å². The van der Waals surface area contributed by atoms with E-state index in [2.05, 4.69) is 33.1 Å². The third-order valence-electron chi connectivity index (χ3n) is 4.37. The van der Waals surface area contributed by atoms with Gasteiger partial charge in [0, 0.05) is 25.5 Å². The summed E-state index contributed by atoms with van der Waals surface area (Å²) >= 11 is 0. The zero-order valence-corrected chi connectivity index (χ0v) is 14.3. The second-order valence-electron chi connectivity index (χ2n) is 6.29. The van der Waals surface area contributed by atoms with Crippen molar-refractivity contribution in [2.75, 3.05) is 24.2 Å². The fourth-order valence-corrected chi connectivity index (χ4v) is 4.11. The molecule has 0 saturated carbocycles. The lowest BCUT2D eigenvalue weighted by Crippen LogP contribution is -2.37. The van der Waals surface area contributed by atoms with Crippen LogP contribution in [0.1, 0.15) is 24.1 Å². The van der Waals surface area contributed by atoms with Crippen LogP contribution in [0.4, 0.5) is 5.82 Å². The minimum Gasteiger partial charge on any atom is -0.356 e. The molecule has 1 aliphatic heterocycles. The van der Waals surface area contributed by atoms with Crippen LogP contribution in [0.5, 0.6) is 0 Å². The molecule has 1 fully saturated rings. The Morgan fingerprint density at radius 1 is 1.43 bits per heavy atom. The van der Waals surface area contributed by atoms with Gasteiger partial charge in [-0.25, -0.2) is 13.4 Å². The van der Waals surface area contributed by atoms with E-state index in [0.717, 1.165) is 37.4 Å². The molecule has 0 aromatic carbocycles. The summed E-state index contributed by atoms with van der Waals surface area (Å²) in [7, 11) is -3.23. The fraction of sp³-hybridized carbons (Fsp3) is 0.500. The van der Waals surface area contributed by atoms with Crippen LogP contribution in [-0.2, 0) is 16.3 Å². The molecule has 0 amide bonds. The highest BCUT2D eigenvalue weighted by Crippen LogP contribution is 2.27. The molecular weight excluding hydrogens is 312 g/mol. The first-order valence-corrected chi connectivity index (χ1v) is 9.73. The summed E-state index contributed by atoms with van der Waals surface area (Å²) < 4.78 is 23.6. The van der Waals surface area contributed by atoms with Crippen LogP contribution in [0.3, 0.4) is 0 Å². The molecule has 0 radical (unpaired) electrons. The summed E-state index contributed by atoms with van der Waals surface area (Å²) in [4.78, 5) is 7.13. The van der Waals surface area contributed by atoms with E-state index in [-0.39, 0.29) is 0 Å². The third kappa shape index (κ3) is 3.55. The van der Waals surface area contributed by atoms with Crippen molar-refractivity contribution < 1.29 is 8.42 Å². The molecule has 1 atom stereocenters. The van der Waals surface area contributed by atoms with Crippen LogP contribution in [-0.4, -0.2) is 42.9 Å². The monoisotopic (exact) mass is 334 g/mol. The van der Waals surface area contributed by atoms with Crippen molar-refractivity contribution in [2.24, 2.45) is 5.92 Å². The molecule has 0 aliphatic carbocycles. The number of aromatic amines is 1. The highest BCUT2D eigenvalue weighted by molar-refractivity contribution is 7.90. The van der Waals surface area contributed by atoms with E-state index < -0.39 is 9.84 Å². The number of nitrogens with one attached hydrogen (secondary N) is 1. The van der Waals surface area contributed by atoms with Crippen LogP contribution < -0.4 is 4.90 Å². The number of anilines is 1. The van der Waals surface area contributed by atoms with Crippen molar-refractivity contribution in [3.63, 3.8) is 0 Å². The van der Waals surface area contributed by atoms with E-state index in [4.69, 9.17) is 0 Å². The minimum atomic E-state index is -3.23. The van der Waals surface area contributed by atoms with Crippen LogP contribution in [0, 0.1) is 12.8 Å². The Hall–Kier alpha value is -1.89. The topological polar surface area (TPSA) is 79.0 Å². The van der Waals surface area contributed by atoms with Crippen LogP contribution in [0.25, 0.3) is 0 Å². The standard InChI is InChI=1S/C16H22N4O2S/c1-12-5-3-7-17-16(12)20-8-4-6-13(11-20)9-14-15(10-18-19-14)23(2,21)22/h3,5,7,10,13H,4,6,8-9,11H2,1-2H3,(H,18,19). The van der Waals surface area contributed by atoms with Gasteiger partial charge >= 0.3 is 0 Å². The first-order valence-electron chi connectivity index (χ1n) is 7.84. The number of piperidine rings is 1. The number of aryl methyl sites for hydroxylation is 1. The first kappa shape index (κ1) is 16.0. The molecule has 124 valence electrons. The Morgan fingerprint density at radius 3 is 3.00 bits per heavy atom. The number of pyridine rings is 1. The Kier molecular flexibility index (Phi) is 4.39. The molecule has 23 heavy (non-hydrogen) atoms. The molecule has 2 aromatic rings. The van der Waals surface area contributed by atoms with E-state index >= 15 is 0 Å². The van der Waals surface area contributed by atoms with Crippen molar-refractivity contribution >= 4 is 15.7 Å². The lowest BCUT2D eigenvalue weighted by Gasteiger charge is -2.34. The zero-order valence-electron chi connectivity index (χ0n) is 13.5. The number of nitrogens with zero attached hydrogens (tertiary/aromatic N) is 3. The Balaban J connectivity index is 1.75. The molecule has 0 bridgehead atoms. The van der Waals surface area contributed by atoms with E-state index in [0.29, 0.717) is 17.2 Å². The average Bonchev–Trinajstić information content (AvgIpc) is 2.96. The Labute approximate surface area is 136 Å². The Bertz CT molecular complexity index is 785. The third-order valence-corrected chi connectivity index (χ3v) is 5.52. The molecule has 7 heteroatoms. The number of hydrogen-bond donors (Lipinski definition) is 1. The summed E-state index contributed by atoms with van der Waals surface area (Å²) in [5, 5.41) is 6.78. The fourth-order valence-electron chi connectivity index (χ4n) is 3.29. The molecule has 1 aliphatic rings. The first-order chi connectivity index (χ1) is 10.9. The van der Waals surface area contributed by atoms with Gasteiger partial charge in [0.1, 0.15) is 10.7 Å². The zero-order chi connectivity index (χ0) is 16.4. The molecule has 1 saturated heterocycles. The van der Waals surface area contributed by atoms with E-state index in [1.54, 1.807) is 0 Å². The predicted octanol–water partition coefficient (Wildman–Crippen LogP) is 1.98. The van der Waals surface area contributed by atoms with Gasteiger partial charge in [0.25, 0.3) is 0 Å². The largest absolute Gasteiger partial charge is 0.356 e. The van der Waals surface area contributed by atoms with E-state index in [1.165, 1.54) is 18.0 Å². The summed E-state index contributed by atoms with van der Waals surface area (Å²) in [6.07, 6.45) is 7.33. The van der Waals surface area contributed by atoms with Gasteiger partial charge in [-0.1, -0.05) is 6.07 Å². The maximum Gasteiger partial charge on any atom is 0.178 e. The van der Waals surface area contributed by atoms with E-state index in [1.807, 2.05) is 12.3 Å². The second kappa shape index (κ2) is 6.31. The van der Waals surface area contributed by atoms with Crippen molar-refractivity contribution in [3.8, 4) is 0 Å². The maximum absolute atomic E-state index is 11.8. The highest BCUT2D eigenvalue weighted by atomic mass is 32.2. The summed E-state index contributed by atoms with van der Waals surface area (Å²) in [6.45, 7) is 3.96. The normalized spacial score (nSPS) is 19.0. The smallest absolute Gasteiger partial charge is 0.178 e. The number of sulfone groups is 1. The maximum atomic E-state index is 11.8. The second-order valence-corrected chi connectivity index (χ2v) is 8.27. The molecule has 1 N–H and O–H groups in total. The van der Waals surface area contributed by atoms with Crippen LogP contribution in [0.2, 0.25) is 0 Å². The highest BCUT2D eigenvalue weighted by Gasteiger charge is 2.25. The summed E-state index contributed by atoms with van der Waals surface area (Å²) in [5.74, 6) is 1.43. The van der Waals surface area contributed by atoms with Crippen molar-refractivity contribution in [1.82, 2.24) is 15.2 Å². The van der Waals surface area contributed by atoms with Crippen LogP contribution in [0.15, 0.2) is 29.4 Å². The lowest BCUT2D eigenvalue weighted by molar-refractivity contribution is 0.405. The Morgan fingerprint density at radius 2 is 2.26 bits per heavy atom. The van der Waals surface area contributed by atoms with Gasteiger partial charge in [-0.05, 0) is 43.7 Å². The molecule has 0 spiro atoms. The number of rotatable bonds is 4. The number of hydrogen-bond acceptors (Lipinski definition) is 5. The molecule has 2 aromatic heterocycles. The minimum absolute atomic E-state index is 0.323. The van der Waals surface area contributed by atoms with Crippen LogP contribution >= 0.6 is 0 Å². The lowest BCUT2D eigenvalue weighted by atomic mass is 9.93. The molecule has 1 unspecified atom stereocenters. The summed E-state index contributed by atoms with van der Waals surface area (Å²) in [6, 6.07) is 4.02. The SMILES string of the molecule is Cc1cccnc1N1CCCC(Cc2[nH]ncc2S(C)(=O)=O)C1. The van der Waals surface area contributed by atoms with Gasteiger partial charge in [0.05, 0.1) is 11.9 Å². The van der Waals surface area contributed by atoms with Gasteiger partial charge in [-0.15, -0.1) is 0 Å². The van der Waals surface area contributed by atoms with Gasteiger partial charge < -0.3 is 4.90 Å². The number of H-pyrrole nitrogens is 1. The van der Waals surface area contributed by atoms with E-state index in [9.17, 15) is 8.42 Å². The average molecular weight is 334 g/mol. The molecular formula is C16H22N4O2S. The quantitative estimate of drug-likeness (QED) is 0.925. The predicted molar refractivity (Wildman–Crippen MR) is 89.3 cm³/mol. The van der Waals surface area contributed by atoms with Crippen molar-refractivity contribution in [3.05, 3.63) is 35.8 Å². The van der Waals surface area contributed by atoms with Gasteiger partial charge in [0.2, 0.25) is 0 Å². The van der Waals surface area contributed by atoms with Gasteiger partial charge in [-0.3, -0.25) is 5.10 Å².